The van der Waals surface area contributed by atoms with Crippen LogP contribution in [0.15, 0.2) is 18.5 Å². The molecular formula is C12H20N4. The molecule has 1 aliphatic heterocycles. The molecule has 0 bridgehead atoms. The molecule has 0 aromatic carbocycles. The minimum atomic E-state index is 0.641. The van der Waals surface area contributed by atoms with Gasteiger partial charge in [-0.05, 0) is 32.0 Å². The molecule has 16 heavy (non-hydrogen) atoms. The van der Waals surface area contributed by atoms with Gasteiger partial charge in [-0.15, -0.1) is 0 Å². The van der Waals surface area contributed by atoms with E-state index < -0.39 is 0 Å². The number of piperidine rings is 1. The quantitative estimate of drug-likeness (QED) is 0.823. The van der Waals surface area contributed by atoms with Gasteiger partial charge in [-0.2, -0.15) is 0 Å². The second-order valence-electron chi connectivity index (χ2n) is 4.23. The number of aromatic nitrogens is 2. The van der Waals surface area contributed by atoms with Gasteiger partial charge >= 0.3 is 0 Å². The summed E-state index contributed by atoms with van der Waals surface area (Å²) in [5.74, 6) is 0.926. The van der Waals surface area contributed by atoms with E-state index in [0.717, 1.165) is 32.0 Å². The molecule has 0 aliphatic carbocycles. The van der Waals surface area contributed by atoms with E-state index in [-0.39, 0.29) is 0 Å². The molecule has 4 heteroatoms. The molecule has 1 aromatic rings. The van der Waals surface area contributed by atoms with E-state index in [1.807, 2.05) is 18.5 Å². The number of nitrogens with one attached hydrogen (secondary N) is 1. The summed E-state index contributed by atoms with van der Waals surface area (Å²) in [6, 6.07) is 2.50. The monoisotopic (exact) mass is 220 g/mol. The maximum Gasteiger partial charge on any atom is 0.142 e. The van der Waals surface area contributed by atoms with Crippen molar-refractivity contribution >= 4 is 0 Å². The molecule has 1 fully saturated rings. The fourth-order valence-corrected chi connectivity index (χ4v) is 2.24. The molecule has 1 unspecified atom stereocenters. The summed E-state index contributed by atoms with van der Waals surface area (Å²) in [6.45, 7) is 6.39. The van der Waals surface area contributed by atoms with E-state index >= 15 is 0 Å². The standard InChI is InChI=1S/C12H20N4/c1-2-16(11-5-3-6-13-9-11)10-12-14-7-4-8-15-12/h4,7-8,11,13H,2-3,5-6,9-10H2,1H3. The molecule has 2 rings (SSSR count). The fourth-order valence-electron chi connectivity index (χ4n) is 2.24. The lowest BCUT2D eigenvalue weighted by atomic mass is 10.1. The Balaban J connectivity index is 1.94. The smallest absolute Gasteiger partial charge is 0.142 e. The van der Waals surface area contributed by atoms with Crippen LogP contribution in [-0.4, -0.2) is 40.5 Å². The van der Waals surface area contributed by atoms with E-state index in [2.05, 4.69) is 27.1 Å². The van der Waals surface area contributed by atoms with Gasteiger partial charge in [0.2, 0.25) is 0 Å². The molecule has 0 amide bonds. The molecule has 4 nitrogen and oxygen atoms in total. The van der Waals surface area contributed by atoms with Crippen molar-refractivity contribution in [1.82, 2.24) is 20.2 Å². The summed E-state index contributed by atoms with van der Waals surface area (Å²) < 4.78 is 0. The van der Waals surface area contributed by atoms with E-state index in [1.165, 1.54) is 12.8 Å². The number of hydrogen-bond acceptors (Lipinski definition) is 4. The zero-order valence-corrected chi connectivity index (χ0v) is 9.89. The van der Waals surface area contributed by atoms with Gasteiger partial charge in [0.1, 0.15) is 5.82 Å². The highest BCUT2D eigenvalue weighted by atomic mass is 15.2. The van der Waals surface area contributed by atoms with Crippen LogP contribution in [0.2, 0.25) is 0 Å². The van der Waals surface area contributed by atoms with Gasteiger partial charge in [0.15, 0.2) is 0 Å². The molecule has 1 saturated heterocycles. The average molecular weight is 220 g/mol. The Bertz CT molecular complexity index is 295. The van der Waals surface area contributed by atoms with Crippen molar-refractivity contribution < 1.29 is 0 Å². The SMILES string of the molecule is CCN(Cc1ncccn1)C1CCCNC1. The highest BCUT2D eigenvalue weighted by molar-refractivity contribution is 4.90. The Morgan fingerprint density at radius 1 is 1.44 bits per heavy atom. The van der Waals surface area contributed by atoms with Crippen molar-refractivity contribution in [2.24, 2.45) is 0 Å². The summed E-state index contributed by atoms with van der Waals surface area (Å²) in [5, 5.41) is 3.45. The lowest BCUT2D eigenvalue weighted by Gasteiger charge is -2.33. The average Bonchev–Trinajstić information content (AvgIpc) is 2.38. The predicted octanol–water partition coefficient (Wildman–Crippen LogP) is 1.05. The second kappa shape index (κ2) is 5.92. The molecular weight excluding hydrogens is 200 g/mol. The highest BCUT2D eigenvalue weighted by Crippen LogP contribution is 2.12. The van der Waals surface area contributed by atoms with Gasteiger partial charge in [0, 0.05) is 25.0 Å². The summed E-state index contributed by atoms with van der Waals surface area (Å²) >= 11 is 0. The van der Waals surface area contributed by atoms with E-state index in [0.29, 0.717) is 6.04 Å². The molecule has 1 N–H and O–H groups in total. The maximum absolute atomic E-state index is 4.29. The second-order valence-corrected chi connectivity index (χ2v) is 4.23. The third-order valence-electron chi connectivity index (χ3n) is 3.16. The van der Waals surface area contributed by atoms with Crippen LogP contribution in [0.4, 0.5) is 0 Å². The van der Waals surface area contributed by atoms with Crippen LogP contribution in [0.3, 0.4) is 0 Å². The van der Waals surface area contributed by atoms with Crippen LogP contribution in [-0.2, 0) is 6.54 Å². The van der Waals surface area contributed by atoms with Crippen molar-refractivity contribution in [2.45, 2.75) is 32.4 Å². The first-order valence-electron chi connectivity index (χ1n) is 6.11. The largest absolute Gasteiger partial charge is 0.315 e. The molecule has 1 atom stereocenters. The zero-order chi connectivity index (χ0) is 11.2. The summed E-state index contributed by atoms with van der Waals surface area (Å²) in [7, 11) is 0. The Hall–Kier alpha value is -1.00. The summed E-state index contributed by atoms with van der Waals surface area (Å²) in [5.41, 5.74) is 0. The number of likely N-dealkylation sites (N-methyl/N-ethyl adjacent to an activating group) is 1. The lowest BCUT2D eigenvalue weighted by molar-refractivity contribution is 0.162. The zero-order valence-electron chi connectivity index (χ0n) is 9.89. The molecule has 2 heterocycles. The van der Waals surface area contributed by atoms with Crippen molar-refractivity contribution in [1.29, 1.82) is 0 Å². The third kappa shape index (κ3) is 3.00. The Kier molecular flexibility index (Phi) is 4.25. The molecule has 0 saturated carbocycles. The topological polar surface area (TPSA) is 41.1 Å². The van der Waals surface area contributed by atoms with Gasteiger partial charge in [0.05, 0.1) is 6.54 Å². The minimum absolute atomic E-state index is 0.641. The Labute approximate surface area is 97.1 Å². The molecule has 88 valence electrons. The van der Waals surface area contributed by atoms with Crippen LogP contribution < -0.4 is 5.32 Å². The van der Waals surface area contributed by atoms with Gasteiger partial charge in [-0.3, -0.25) is 4.90 Å². The predicted molar refractivity (Wildman–Crippen MR) is 64.0 cm³/mol. The normalized spacial score (nSPS) is 21.2. The third-order valence-corrected chi connectivity index (χ3v) is 3.16. The van der Waals surface area contributed by atoms with Crippen LogP contribution in [0.1, 0.15) is 25.6 Å². The van der Waals surface area contributed by atoms with E-state index in [4.69, 9.17) is 0 Å². The van der Waals surface area contributed by atoms with Crippen LogP contribution in [0.25, 0.3) is 0 Å². The Morgan fingerprint density at radius 3 is 2.88 bits per heavy atom. The van der Waals surface area contributed by atoms with Crippen molar-refractivity contribution in [2.75, 3.05) is 19.6 Å². The Morgan fingerprint density at radius 2 is 2.25 bits per heavy atom. The van der Waals surface area contributed by atoms with Gasteiger partial charge in [-0.25, -0.2) is 9.97 Å². The van der Waals surface area contributed by atoms with Crippen LogP contribution >= 0.6 is 0 Å². The highest BCUT2D eigenvalue weighted by Gasteiger charge is 2.20. The minimum Gasteiger partial charge on any atom is -0.315 e. The first-order valence-corrected chi connectivity index (χ1v) is 6.11. The van der Waals surface area contributed by atoms with Gasteiger partial charge in [-0.1, -0.05) is 6.92 Å². The first kappa shape index (κ1) is 11.5. The summed E-state index contributed by atoms with van der Waals surface area (Å²) in [6.07, 6.45) is 6.19. The fraction of sp³-hybridized carbons (Fsp3) is 0.667. The molecule has 0 radical (unpaired) electrons. The van der Waals surface area contributed by atoms with Crippen LogP contribution in [0, 0.1) is 0 Å². The number of nitrogens with zero attached hydrogens (tertiary/aromatic N) is 3. The lowest BCUT2D eigenvalue weighted by Crippen LogP contribution is -2.45. The summed E-state index contributed by atoms with van der Waals surface area (Å²) in [4.78, 5) is 11.0. The number of hydrogen-bond donors (Lipinski definition) is 1. The molecule has 1 aromatic heterocycles. The van der Waals surface area contributed by atoms with Crippen molar-refractivity contribution in [3.05, 3.63) is 24.3 Å². The van der Waals surface area contributed by atoms with Crippen molar-refractivity contribution in [3.8, 4) is 0 Å². The molecule has 1 aliphatic rings. The maximum atomic E-state index is 4.29. The van der Waals surface area contributed by atoms with E-state index in [1.54, 1.807) is 0 Å². The van der Waals surface area contributed by atoms with Gasteiger partial charge < -0.3 is 5.32 Å². The van der Waals surface area contributed by atoms with Gasteiger partial charge in [0.25, 0.3) is 0 Å². The first-order chi connectivity index (χ1) is 7.90. The van der Waals surface area contributed by atoms with E-state index in [9.17, 15) is 0 Å². The van der Waals surface area contributed by atoms with Crippen LogP contribution in [0.5, 0.6) is 0 Å². The van der Waals surface area contributed by atoms with Crippen molar-refractivity contribution in [3.63, 3.8) is 0 Å². The molecule has 0 spiro atoms. The number of rotatable bonds is 4.